The number of hydrogen-bond acceptors (Lipinski definition) is 3. The number of nitrogens with one attached hydrogen (secondary N) is 1. The minimum Gasteiger partial charge on any atom is -0.464 e. The van der Waals surface area contributed by atoms with E-state index in [0.717, 1.165) is 42.2 Å². The van der Waals surface area contributed by atoms with Crippen LogP contribution in [0.3, 0.4) is 0 Å². The lowest BCUT2D eigenvalue weighted by Gasteiger charge is -2.16. The predicted molar refractivity (Wildman–Crippen MR) is 77.2 cm³/mol. The van der Waals surface area contributed by atoms with Crippen molar-refractivity contribution in [1.29, 1.82) is 0 Å². The maximum Gasteiger partial charge on any atom is 0.125 e. The Morgan fingerprint density at radius 2 is 2.05 bits per heavy atom. The van der Waals surface area contributed by atoms with Gasteiger partial charge in [0.25, 0.3) is 0 Å². The van der Waals surface area contributed by atoms with Crippen molar-refractivity contribution >= 4 is 0 Å². The minimum absolute atomic E-state index is 0.0911. The molecule has 0 aromatic carbocycles. The van der Waals surface area contributed by atoms with Crippen molar-refractivity contribution in [1.82, 2.24) is 10.3 Å². The summed E-state index contributed by atoms with van der Waals surface area (Å²) in [4.78, 5) is 4.38. The highest BCUT2D eigenvalue weighted by atomic mass is 16.3. The SMILES string of the molecule is CCCNC(c1ccc(C)nc1)c1ccc(CC)o1. The van der Waals surface area contributed by atoms with Gasteiger partial charge in [-0.25, -0.2) is 0 Å². The molecular formula is C16H22N2O. The highest BCUT2D eigenvalue weighted by Gasteiger charge is 2.17. The Morgan fingerprint density at radius 1 is 1.21 bits per heavy atom. The van der Waals surface area contributed by atoms with Crippen LogP contribution in [0.1, 0.15) is 49.1 Å². The second-order valence-electron chi connectivity index (χ2n) is 4.78. The summed E-state index contributed by atoms with van der Waals surface area (Å²) in [5.41, 5.74) is 2.18. The van der Waals surface area contributed by atoms with E-state index < -0.39 is 0 Å². The Hall–Kier alpha value is -1.61. The molecular weight excluding hydrogens is 236 g/mol. The summed E-state index contributed by atoms with van der Waals surface area (Å²) in [7, 11) is 0. The Balaban J connectivity index is 2.26. The van der Waals surface area contributed by atoms with Crippen molar-refractivity contribution in [3.05, 3.63) is 53.2 Å². The van der Waals surface area contributed by atoms with Crippen molar-refractivity contribution in [2.75, 3.05) is 6.54 Å². The normalized spacial score (nSPS) is 12.6. The number of pyridine rings is 1. The number of aromatic nitrogens is 1. The summed E-state index contributed by atoms with van der Waals surface area (Å²) in [5, 5.41) is 3.53. The molecule has 1 N–H and O–H groups in total. The van der Waals surface area contributed by atoms with E-state index in [1.54, 1.807) is 0 Å². The first-order valence-electron chi connectivity index (χ1n) is 6.99. The van der Waals surface area contributed by atoms with Crippen molar-refractivity contribution in [2.45, 2.75) is 39.7 Å². The number of rotatable bonds is 6. The Kier molecular flexibility index (Phi) is 4.74. The van der Waals surface area contributed by atoms with Crippen LogP contribution in [0.4, 0.5) is 0 Å². The van der Waals surface area contributed by atoms with Gasteiger partial charge in [-0.1, -0.05) is 19.9 Å². The summed E-state index contributed by atoms with van der Waals surface area (Å²) in [6, 6.07) is 8.36. The zero-order valence-corrected chi connectivity index (χ0v) is 11.9. The van der Waals surface area contributed by atoms with Gasteiger partial charge < -0.3 is 9.73 Å². The van der Waals surface area contributed by atoms with E-state index in [0.29, 0.717) is 0 Å². The lowest BCUT2D eigenvalue weighted by atomic mass is 10.1. The molecule has 2 heterocycles. The fraction of sp³-hybridized carbons (Fsp3) is 0.438. The molecule has 0 aliphatic heterocycles. The smallest absolute Gasteiger partial charge is 0.125 e. The molecule has 0 saturated carbocycles. The maximum atomic E-state index is 5.89. The molecule has 0 spiro atoms. The van der Waals surface area contributed by atoms with Crippen molar-refractivity contribution in [3.8, 4) is 0 Å². The third-order valence-corrected chi connectivity index (χ3v) is 3.18. The van der Waals surface area contributed by atoms with E-state index in [2.05, 4.69) is 42.3 Å². The first-order valence-corrected chi connectivity index (χ1v) is 6.99. The van der Waals surface area contributed by atoms with E-state index in [9.17, 15) is 0 Å². The quantitative estimate of drug-likeness (QED) is 0.859. The van der Waals surface area contributed by atoms with Crippen LogP contribution in [-0.2, 0) is 6.42 Å². The summed E-state index contributed by atoms with van der Waals surface area (Å²) in [5.74, 6) is 1.99. The molecule has 0 amide bonds. The molecule has 0 aliphatic rings. The molecule has 0 fully saturated rings. The van der Waals surface area contributed by atoms with Gasteiger partial charge in [0, 0.05) is 18.3 Å². The predicted octanol–water partition coefficient (Wildman–Crippen LogP) is 3.63. The van der Waals surface area contributed by atoms with Crippen LogP contribution >= 0.6 is 0 Å². The van der Waals surface area contributed by atoms with Crippen LogP contribution < -0.4 is 5.32 Å². The van der Waals surface area contributed by atoms with Crippen LogP contribution in [0.15, 0.2) is 34.9 Å². The molecule has 102 valence electrons. The van der Waals surface area contributed by atoms with Crippen molar-refractivity contribution in [3.63, 3.8) is 0 Å². The molecule has 0 saturated heterocycles. The standard InChI is InChI=1S/C16H22N2O/c1-4-10-17-16(13-7-6-12(3)18-11-13)15-9-8-14(5-2)19-15/h6-9,11,16-17H,4-5,10H2,1-3H3. The third-order valence-electron chi connectivity index (χ3n) is 3.18. The molecule has 2 aromatic heterocycles. The van der Waals surface area contributed by atoms with Gasteiger partial charge in [0.1, 0.15) is 11.5 Å². The zero-order chi connectivity index (χ0) is 13.7. The van der Waals surface area contributed by atoms with Crippen LogP contribution in [0.5, 0.6) is 0 Å². The second-order valence-corrected chi connectivity index (χ2v) is 4.78. The van der Waals surface area contributed by atoms with Crippen molar-refractivity contribution in [2.24, 2.45) is 0 Å². The summed E-state index contributed by atoms with van der Waals surface area (Å²) in [6.07, 6.45) is 3.95. The van der Waals surface area contributed by atoms with E-state index in [-0.39, 0.29) is 6.04 Å². The number of aryl methyl sites for hydroxylation is 2. The molecule has 2 aromatic rings. The number of hydrogen-bond donors (Lipinski definition) is 1. The summed E-state index contributed by atoms with van der Waals surface area (Å²) in [6.45, 7) is 7.22. The Morgan fingerprint density at radius 3 is 2.63 bits per heavy atom. The van der Waals surface area contributed by atoms with Crippen LogP contribution in [0, 0.1) is 6.92 Å². The molecule has 1 unspecified atom stereocenters. The summed E-state index contributed by atoms with van der Waals surface area (Å²) < 4.78 is 5.89. The van der Waals surface area contributed by atoms with E-state index in [1.807, 2.05) is 19.2 Å². The molecule has 0 aliphatic carbocycles. The van der Waals surface area contributed by atoms with Crippen molar-refractivity contribution < 1.29 is 4.42 Å². The van der Waals surface area contributed by atoms with Gasteiger partial charge in [-0.15, -0.1) is 0 Å². The summed E-state index contributed by atoms with van der Waals surface area (Å²) >= 11 is 0. The average Bonchev–Trinajstić information content (AvgIpc) is 2.90. The molecule has 19 heavy (non-hydrogen) atoms. The van der Waals surface area contributed by atoms with Gasteiger partial charge in [-0.05, 0) is 43.7 Å². The van der Waals surface area contributed by atoms with Gasteiger partial charge in [0.15, 0.2) is 0 Å². The highest BCUT2D eigenvalue weighted by molar-refractivity contribution is 5.26. The molecule has 3 nitrogen and oxygen atoms in total. The largest absolute Gasteiger partial charge is 0.464 e. The highest BCUT2D eigenvalue weighted by Crippen LogP contribution is 2.24. The zero-order valence-electron chi connectivity index (χ0n) is 11.9. The lowest BCUT2D eigenvalue weighted by molar-refractivity contribution is 0.421. The first kappa shape index (κ1) is 13.8. The Bertz CT molecular complexity index is 502. The van der Waals surface area contributed by atoms with E-state index >= 15 is 0 Å². The Labute approximate surface area is 115 Å². The van der Waals surface area contributed by atoms with Crippen LogP contribution in [-0.4, -0.2) is 11.5 Å². The van der Waals surface area contributed by atoms with E-state index in [4.69, 9.17) is 4.42 Å². The van der Waals surface area contributed by atoms with Gasteiger partial charge in [0.05, 0.1) is 6.04 Å². The van der Waals surface area contributed by atoms with E-state index in [1.165, 1.54) is 0 Å². The van der Waals surface area contributed by atoms with Gasteiger partial charge in [-0.2, -0.15) is 0 Å². The minimum atomic E-state index is 0.0911. The fourth-order valence-electron chi connectivity index (χ4n) is 2.06. The van der Waals surface area contributed by atoms with Crippen LogP contribution in [0.25, 0.3) is 0 Å². The average molecular weight is 258 g/mol. The molecule has 0 bridgehead atoms. The molecule has 2 rings (SSSR count). The topological polar surface area (TPSA) is 38.1 Å². The number of nitrogens with zero attached hydrogens (tertiary/aromatic N) is 1. The number of furan rings is 1. The third kappa shape index (κ3) is 3.44. The second kappa shape index (κ2) is 6.53. The van der Waals surface area contributed by atoms with Gasteiger partial charge in [-0.3, -0.25) is 4.98 Å². The molecule has 3 heteroatoms. The lowest BCUT2D eigenvalue weighted by Crippen LogP contribution is -2.23. The van der Waals surface area contributed by atoms with Gasteiger partial charge in [0.2, 0.25) is 0 Å². The monoisotopic (exact) mass is 258 g/mol. The maximum absolute atomic E-state index is 5.89. The molecule has 1 atom stereocenters. The molecule has 0 radical (unpaired) electrons. The first-order chi connectivity index (χ1) is 9.24. The van der Waals surface area contributed by atoms with Gasteiger partial charge >= 0.3 is 0 Å². The fourth-order valence-corrected chi connectivity index (χ4v) is 2.06. The van der Waals surface area contributed by atoms with Crippen LogP contribution in [0.2, 0.25) is 0 Å².